The first kappa shape index (κ1) is 93.1. The molecule has 3 atom stereocenters. The summed E-state index contributed by atoms with van der Waals surface area (Å²) in [7, 11) is 0. The molecule has 3 heteroatoms. The van der Waals surface area contributed by atoms with Gasteiger partial charge in [0.25, 0.3) is 0 Å². The Kier molecular flexibility index (Phi) is 25.6. The largest absolute Gasteiger partial charge is 0.310 e. The Morgan fingerprint density at radius 2 is 0.338 bits per heavy atom. The first-order valence-electron chi connectivity index (χ1n) is 51.0. The third-order valence-electron chi connectivity index (χ3n) is 30.4. The number of anilines is 9. The Bertz CT molecular complexity index is 8500. The summed E-state index contributed by atoms with van der Waals surface area (Å²) < 4.78 is 0. The normalized spacial score (nSPS) is 14.5. The minimum Gasteiger partial charge on any atom is -0.310 e. The SMILES string of the molecule is C.CC1(c2ccccc2)c2ccccc2-c2cc(N(c3ccc(-c4ccccc4)cc3)c3ccc(-c4ccccc4)cc3)ccc21.CC1(c2ccccc2)c2ccccc2-c2cc(N(c3ccc(-c4ccccc4)cc3)c3cccc(-c4ccccc4)c3)ccc21.Cc1ccc(C2(c3ccccc3)c3ccccc3-c3cc(-c4ccc(N(c5ccc(-c6ccccc6)cc5)c5cccc(-c6ccccc6)c5)cc4)ccc32)cc1. The van der Waals surface area contributed by atoms with Gasteiger partial charge in [0.15, 0.2) is 0 Å². The zero-order valence-corrected chi connectivity index (χ0v) is 82.4. The van der Waals surface area contributed by atoms with E-state index in [9.17, 15) is 0 Å². The molecule has 0 amide bonds. The Hall–Kier alpha value is -18.5. The van der Waals surface area contributed by atoms with Crippen LogP contribution in [0.25, 0.3) is 111 Å². The van der Waals surface area contributed by atoms with Crippen molar-refractivity contribution in [3.8, 4) is 111 Å². The molecule has 3 nitrogen and oxygen atoms in total. The maximum atomic E-state index is 2.41. The van der Waals surface area contributed by atoms with Crippen molar-refractivity contribution in [3.05, 3.63) is 656 Å². The van der Waals surface area contributed by atoms with Crippen LogP contribution in [0.5, 0.6) is 0 Å². The van der Waals surface area contributed by atoms with E-state index in [1.165, 1.54) is 172 Å². The summed E-state index contributed by atoms with van der Waals surface area (Å²) in [5.41, 5.74) is 48.4. The van der Waals surface area contributed by atoms with E-state index in [1.807, 2.05) is 0 Å². The highest BCUT2D eigenvalue weighted by atomic mass is 15.2. The van der Waals surface area contributed by atoms with E-state index in [-0.39, 0.29) is 18.3 Å². The monoisotopic (exact) mass is 1890 g/mol. The zero-order chi connectivity index (χ0) is 98.6. The van der Waals surface area contributed by atoms with Crippen molar-refractivity contribution in [2.45, 2.75) is 44.4 Å². The van der Waals surface area contributed by atoms with Crippen molar-refractivity contribution in [2.75, 3.05) is 14.7 Å². The molecule has 3 unspecified atom stereocenters. The molecule has 3 aliphatic carbocycles. The molecule has 0 N–H and O–H groups in total. The lowest BCUT2D eigenvalue weighted by atomic mass is 9.67. The fraction of sp³-hybridized carbons (Fsp3) is 0.0483. The number of rotatable bonds is 20. The van der Waals surface area contributed by atoms with Crippen LogP contribution in [-0.2, 0) is 16.2 Å². The quantitative estimate of drug-likeness (QED) is 0.0753. The summed E-state index contributed by atoms with van der Waals surface area (Å²) >= 11 is 0. The van der Waals surface area contributed by atoms with Gasteiger partial charge in [0.05, 0.1) is 5.41 Å². The van der Waals surface area contributed by atoms with E-state index in [4.69, 9.17) is 0 Å². The number of hydrogen-bond donors (Lipinski definition) is 0. The van der Waals surface area contributed by atoms with Crippen LogP contribution >= 0.6 is 0 Å². The summed E-state index contributed by atoms with van der Waals surface area (Å²) in [6.07, 6.45) is 0. The van der Waals surface area contributed by atoms with Gasteiger partial charge >= 0.3 is 0 Å². The van der Waals surface area contributed by atoms with Crippen molar-refractivity contribution in [1.82, 2.24) is 0 Å². The van der Waals surface area contributed by atoms with E-state index in [0.29, 0.717) is 0 Å². The van der Waals surface area contributed by atoms with Crippen molar-refractivity contribution < 1.29 is 0 Å². The van der Waals surface area contributed by atoms with Crippen molar-refractivity contribution in [3.63, 3.8) is 0 Å². The second kappa shape index (κ2) is 40.7. The van der Waals surface area contributed by atoms with Crippen LogP contribution in [0.15, 0.2) is 595 Å². The van der Waals surface area contributed by atoms with Crippen LogP contribution in [0.1, 0.15) is 82.5 Å². The van der Waals surface area contributed by atoms with Crippen LogP contribution in [-0.4, -0.2) is 0 Å². The molecular weight excluding hydrogens is 1780 g/mol. The molecule has 23 aromatic rings. The van der Waals surface area contributed by atoms with Gasteiger partial charge in [-0.2, -0.15) is 0 Å². The summed E-state index contributed by atoms with van der Waals surface area (Å²) in [4.78, 5) is 7.13. The van der Waals surface area contributed by atoms with Crippen LogP contribution in [0.4, 0.5) is 51.2 Å². The lowest BCUT2D eigenvalue weighted by Gasteiger charge is -2.34. The van der Waals surface area contributed by atoms with Gasteiger partial charge in [0.2, 0.25) is 0 Å². The topological polar surface area (TPSA) is 9.72 Å². The number of benzene rings is 23. The predicted octanol–water partition coefficient (Wildman–Crippen LogP) is 39.1. The molecule has 0 bridgehead atoms. The molecule has 3 aliphatic rings. The molecule has 0 saturated carbocycles. The minimum absolute atomic E-state index is 0. The van der Waals surface area contributed by atoms with E-state index >= 15 is 0 Å². The van der Waals surface area contributed by atoms with E-state index in [0.717, 1.165) is 51.2 Å². The molecule has 23 aromatic carbocycles. The van der Waals surface area contributed by atoms with Crippen molar-refractivity contribution in [1.29, 1.82) is 0 Å². The van der Waals surface area contributed by atoms with Gasteiger partial charge in [-0.25, -0.2) is 0 Å². The standard InChI is InChI=1S/C56H41N.2C44H33N.CH4/c1-40-24-31-48(32-25-40)56(47-19-9-4-10-20-47)54-23-12-11-22-52(54)53-39-46(30-37-55(53)56)44-28-35-50(36-29-44)57(49-33-26-43(27-34-49)41-14-5-2-6-15-41)51-21-13-18-45(38-51)42-16-7-3-8-17-42;1-44(36-19-9-4-10-20-36)42-23-12-11-22-40(42)41-31-39(28-29-43(41)44)45(37-26-24-34(25-27-37)32-14-5-2-6-15-32)38-21-13-18-35(30-38)33-16-7-3-8-17-33;1-44(36-17-9-4-10-18-36)42-20-12-11-19-40(42)41-31-39(29-30-43(41)44)45(37-25-21-34(22-26-37)32-13-5-2-6-14-32)38-27-23-35(24-28-38)33-15-7-3-8-16-33;/h2-39H,1H3;2*2-31H,1H3;1H4. The smallest absolute Gasteiger partial charge is 0.0713 e. The molecule has 0 saturated heterocycles. The highest BCUT2D eigenvalue weighted by Gasteiger charge is 2.47. The maximum absolute atomic E-state index is 2.41. The van der Waals surface area contributed by atoms with Gasteiger partial charge < -0.3 is 14.7 Å². The number of nitrogens with zero attached hydrogens (tertiary/aromatic N) is 3. The van der Waals surface area contributed by atoms with E-state index < -0.39 is 5.41 Å². The first-order chi connectivity index (χ1) is 72.6. The van der Waals surface area contributed by atoms with Gasteiger partial charge in [-0.15, -0.1) is 0 Å². The maximum Gasteiger partial charge on any atom is 0.0713 e. The Balaban J connectivity index is 0.000000123. The molecule has 0 fully saturated rings. The summed E-state index contributed by atoms with van der Waals surface area (Å²) in [6.45, 7) is 6.90. The predicted molar refractivity (Wildman–Crippen MR) is 625 cm³/mol. The van der Waals surface area contributed by atoms with Gasteiger partial charge in [-0.1, -0.05) is 492 Å². The summed E-state index contributed by atoms with van der Waals surface area (Å²) in [6, 6.07) is 216. The van der Waals surface area contributed by atoms with Gasteiger partial charge in [0.1, 0.15) is 0 Å². The highest BCUT2D eigenvalue weighted by Crippen LogP contribution is 2.60. The van der Waals surface area contributed by atoms with Crippen LogP contribution in [0, 0.1) is 6.92 Å². The lowest BCUT2D eigenvalue weighted by molar-refractivity contribution is 0.714. The Labute approximate surface area is 871 Å². The first-order valence-corrected chi connectivity index (χ1v) is 51.0. The zero-order valence-electron chi connectivity index (χ0n) is 82.4. The molecule has 26 rings (SSSR count). The van der Waals surface area contributed by atoms with Crippen LogP contribution in [0.2, 0.25) is 0 Å². The third-order valence-corrected chi connectivity index (χ3v) is 30.4. The molecule has 0 aromatic heterocycles. The molecular formula is C145H111N3. The van der Waals surface area contributed by atoms with Crippen molar-refractivity contribution >= 4 is 51.2 Å². The lowest BCUT2D eigenvalue weighted by Crippen LogP contribution is -2.28. The molecule has 706 valence electrons. The average molecular weight is 1900 g/mol. The van der Waals surface area contributed by atoms with Crippen LogP contribution in [0.3, 0.4) is 0 Å². The second-order valence-electron chi connectivity index (χ2n) is 38.9. The molecule has 0 radical (unpaired) electrons. The summed E-state index contributed by atoms with van der Waals surface area (Å²) in [5.74, 6) is 0. The van der Waals surface area contributed by atoms with Crippen molar-refractivity contribution in [2.24, 2.45) is 0 Å². The molecule has 0 heterocycles. The van der Waals surface area contributed by atoms with Crippen LogP contribution < -0.4 is 14.7 Å². The summed E-state index contributed by atoms with van der Waals surface area (Å²) in [5, 5.41) is 0. The molecule has 0 spiro atoms. The average Bonchev–Trinajstić information content (AvgIpc) is 1.54. The fourth-order valence-corrected chi connectivity index (χ4v) is 23.0. The molecule has 0 aliphatic heterocycles. The third kappa shape index (κ3) is 17.5. The van der Waals surface area contributed by atoms with Gasteiger partial charge in [-0.05, 0) is 303 Å². The van der Waals surface area contributed by atoms with E-state index in [1.54, 1.807) is 0 Å². The number of fused-ring (bicyclic) bond motifs is 9. The molecule has 148 heavy (non-hydrogen) atoms. The Morgan fingerprint density at radius 3 is 0.676 bits per heavy atom. The number of hydrogen-bond acceptors (Lipinski definition) is 3. The van der Waals surface area contributed by atoms with Gasteiger partial charge in [-0.3, -0.25) is 0 Å². The highest BCUT2D eigenvalue weighted by molar-refractivity contribution is 5.95. The Morgan fingerprint density at radius 1 is 0.135 bits per heavy atom. The fourth-order valence-electron chi connectivity index (χ4n) is 23.0. The minimum atomic E-state index is -0.409. The van der Waals surface area contributed by atoms with E-state index in [2.05, 4.69) is 630 Å². The second-order valence-corrected chi connectivity index (χ2v) is 38.9. The van der Waals surface area contributed by atoms with Gasteiger partial charge in [0, 0.05) is 62.0 Å². The number of aryl methyl sites for hydroxylation is 1.